The van der Waals surface area contributed by atoms with E-state index < -0.39 is 20.4 Å². The Morgan fingerprint density at radius 2 is 2.17 bits per heavy atom. The van der Waals surface area contributed by atoms with Gasteiger partial charge in [0.25, 0.3) is 0 Å². The summed E-state index contributed by atoms with van der Waals surface area (Å²) in [5, 5.41) is 12.9. The molecule has 10 heteroatoms. The van der Waals surface area contributed by atoms with E-state index in [1.54, 1.807) is 19.9 Å². The molecule has 9 nitrogen and oxygen atoms in total. The van der Waals surface area contributed by atoms with Gasteiger partial charge in [-0.1, -0.05) is 0 Å². The van der Waals surface area contributed by atoms with Crippen LogP contribution in [0.3, 0.4) is 0 Å². The van der Waals surface area contributed by atoms with Crippen molar-refractivity contribution >= 4 is 13.8 Å². The Hall–Kier alpha value is -1.93. The quantitative estimate of drug-likeness (QED) is 0.432. The maximum absolute atomic E-state index is 11.5. The van der Waals surface area contributed by atoms with Gasteiger partial charge in [-0.15, -0.1) is 0 Å². The molecule has 0 amide bonds. The first-order chi connectivity index (χ1) is 10.7. The van der Waals surface area contributed by atoms with Crippen molar-refractivity contribution in [3.05, 3.63) is 34.8 Å². The van der Waals surface area contributed by atoms with Gasteiger partial charge < -0.3 is 24.9 Å². The van der Waals surface area contributed by atoms with Crippen molar-refractivity contribution in [2.75, 3.05) is 0 Å². The summed E-state index contributed by atoms with van der Waals surface area (Å²) in [7, 11) is -4.65. The summed E-state index contributed by atoms with van der Waals surface area (Å²) in [5.74, 6) is -0.639. The van der Waals surface area contributed by atoms with Crippen molar-refractivity contribution in [2.24, 2.45) is 0 Å². The highest BCUT2D eigenvalue weighted by atomic mass is 31.2. The highest BCUT2D eigenvalue weighted by Crippen LogP contribution is 2.38. The number of aromatic nitrogens is 1. The first-order valence-corrected chi connectivity index (χ1v) is 8.23. The van der Waals surface area contributed by atoms with Crippen molar-refractivity contribution in [3.63, 3.8) is 0 Å². The number of cyclic esters (lactones) is 1. The Balaban J connectivity index is 2.18. The van der Waals surface area contributed by atoms with Crippen LogP contribution in [0.1, 0.15) is 23.7 Å². The van der Waals surface area contributed by atoms with Crippen LogP contribution in [0.4, 0.5) is 0 Å². The monoisotopic (exact) mass is 344 g/mol. The minimum absolute atomic E-state index is 0.0443. The number of phosphoric ester groups is 1. The number of esters is 1. The third-order valence-electron chi connectivity index (χ3n) is 3.19. The van der Waals surface area contributed by atoms with Crippen LogP contribution < -0.4 is 5.32 Å². The zero-order valence-electron chi connectivity index (χ0n) is 12.5. The predicted molar refractivity (Wildman–Crippen MR) is 77.9 cm³/mol. The normalized spacial score (nSPS) is 17.8. The zero-order chi connectivity index (χ0) is 17.2. The summed E-state index contributed by atoms with van der Waals surface area (Å²) in [6.07, 6.45) is 2.61. The van der Waals surface area contributed by atoms with Crippen molar-refractivity contribution in [1.29, 1.82) is 0 Å². The van der Waals surface area contributed by atoms with Gasteiger partial charge in [0.15, 0.2) is 0 Å². The molecule has 23 heavy (non-hydrogen) atoms. The Kier molecular flexibility index (Phi) is 5.06. The number of aryl methyl sites for hydroxylation is 1. The van der Waals surface area contributed by atoms with Crippen molar-refractivity contribution < 1.29 is 33.5 Å². The SMILES string of the molecule is Cc1ncc(COP(=O)(O)O)c(CNC2=CC(C)OC2=O)c1O. The summed E-state index contributed by atoms with van der Waals surface area (Å²) >= 11 is 0. The molecule has 0 saturated carbocycles. The second kappa shape index (κ2) is 6.67. The molecule has 1 atom stereocenters. The molecule has 0 fully saturated rings. The number of phosphoric acid groups is 1. The molecule has 1 unspecified atom stereocenters. The van der Waals surface area contributed by atoms with Crippen LogP contribution in [-0.4, -0.2) is 32.0 Å². The van der Waals surface area contributed by atoms with Crippen LogP contribution >= 0.6 is 7.82 Å². The Morgan fingerprint density at radius 3 is 2.74 bits per heavy atom. The zero-order valence-corrected chi connectivity index (χ0v) is 13.4. The number of nitrogens with zero attached hydrogens (tertiary/aromatic N) is 1. The number of hydrogen-bond donors (Lipinski definition) is 4. The second-order valence-corrected chi connectivity index (χ2v) is 6.24. The lowest BCUT2D eigenvalue weighted by Gasteiger charge is -2.14. The average Bonchev–Trinajstić information content (AvgIpc) is 2.76. The van der Waals surface area contributed by atoms with Crippen LogP contribution in [0.15, 0.2) is 18.0 Å². The minimum atomic E-state index is -4.65. The number of nitrogens with one attached hydrogen (secondary N) is 1. The van der Waals surface area contributed by atoms with E-state index in [2.05, 4.69) is 14.8 Å². The Morgan fingerprint density at radius 1 is 1.48 bits per heavy atom. The van der Waals surface area contributed by atoms with Gasteiger partial charge in [-0.3, -0.25) is 9.51 Å². The van der Waals surface area contributed by atoms with Crippen molar-refractivity contribution in [3.8, 4) is 5.75 Å². The molecule has 0 radical (unpaired) electrons. The van der Waals surface area contributed by atoms with Crippen LogP contribution in [0.2, 0.25) is 0 Å². The summed E-state index contributed by atoms with van der Waals surface area (Å²) in [6, 6.07) is 0. The molecular weight excluding hydrogens is 327 g/mol. The average molecular weight is 344 g/mol. The van der Waals surface area contributed by atoms with Gasteiger partial charge in [0.1, 0.15) is 17.6 Å². The number of rotatable bonds is 6. The molecule has 2 rings (SSSR count). The van der Waals surface area contributed by atoms with Gasteiger partial charge in [0, 0.05) is 23.9 Å². The molecular formula is C13H17N2O7P. The third-order valence-corrected chi connectivity index (χ3v) is 3.65. The molecule has 1 aliphatic heterocycles. The van der Waals surface area contributed by atoms with Gasteiger partial charge >= 0.3 is 13.8 Å². The first-order valence-electron chi connectivity index (χ1n) is 6.70. The number of pyridine rings is 1. The van der Waals surface area contributed by atoms with Crippen molar-refractivity contribution in [2.45, 2.75) is 33.1 Å². The minimum Gasteiger partial charge on any atom is -0.506 e. The molecule has 0 spiro atoms. The van der Waals surface area contributed by atoms with Gasteiger partial charge in [0.2, 0.25) is 0 Å². The fourth-order valence-electron chi connectivity index (χ4n) is 2.04. The van der Waals surface area contributed by atoms with Crippen LogP contribution in [0.25, 0.3) is 0 Å². The fraction of sp³-hybridized carbons (Fsp3) is 0.385. The predicted octanol–water partition coefficient (Wildman–Crippen LogP) is 0.624. The molecule has 0 aliphatic carbocycles. The highest BCUT2D eigenvalue weighted by Gasteiger charge is 2.23. The molecule has 0 bridgehead atoms. The summed E-state index contributed by atoms with van der Waals surface area (Å²) in [6.45, 7) is 2.91. The van der Waals surface area contributed by atoms with Crippen molar-refractivity contribution in [1.82, 2.24) is 10.3 Å². The van der Waals surface area contributed by atoms with E-state index in [1.165, 1.54) is 6.20 Å². The van der Waals surface area contributed by atoms with Gasteiger partial charge in [-0.2, -0.15) is 0 Å². The lowest BCUT2D eigenvalue weighted by molar-refractivity contribution is -0.139. The largest absolute Gasteiger partial charge is 0.506 e. The maximum atomic E-state index is 11.5. The Labute approximate surface area is 132 Å². The van der Waals surface area contributed by atoms with E-state index >= 15 is 0 Å². The fourth-order valence-corrected chi connectivity index (χ4v) is 2.35. The standard InChI is InChI=1S/C13H17N2O7P/c1-7-3-11(13(17)22-7)15-5-10-9(6-21-23(18,19)20)4-14-8(2)12(10)16/h3-4,7,15-16H,5-6H2,1-2H3,(H2,18,19,20). The Bertz CT molecular complexity index is 698. The highest BCUT2D eigenvalue weighted by molar-refractivity contribution is 7.46. The van der Waals surface area contributed by atoms with Crippen LogP contribution in [0, 0.1) is 6.92 Å². The first kappa shape index (κ1) is 17.4. The number of ether oxygens (including phenoxy) is 1. The number of carbonyl (C=O) groups excluding carboxylic acids is 1. The molecule has 0 saturated heterocycles. The molecule has 1 aliphatic rings. The molecule has 1 aromatic heterocycles. The topological polar surface area (TPSA) is 138 Å². The molecule has 1 aromatic rings. The summed E-state index contributed by atoms with van der Waals surface area (Å²) in [4.78, 5) is 33.0. The number of carbonyl (C=O) groups is 1. The van der Waals surface area contributed by atoms with E-state index in [0.29, 0.717) is 16.8 Å². The smallest absolute Gasteiger partial charge is 0.469 e. The lowest BCUT2D eigenvalue weighted by atomic mass is 10.1. The lowest BCUT2D eigenvalue weighted by Crippen LogP contribution is -2.19. The van der Waals surface area contributed by atoms with E-state index in [-0.39, 0.29) is 24.1 Å². The molecule has 126 valence electrons. The van der Waals surface area contributed by atoms with Crippen LogP contribution in [-0.2, 0) is 31.8 Å². The third kappa shape index (κ3) is 4.52. The van der Waals surface area contributed by atoms with E-state index in [0.717, 1.165) is 0 Å². The van der Waals surface area contributed by atoms with Gasteiger partial charge in [0.05, 0.1) is 12.3 Å². The number of aromatic hydroxyl groups is 1. The second-order valence-electron chi connectivity index (χ2n) is 5.00. The molecule has 0 aromatic carbocycles. The number of hydrogen-bond acceptors (Lipinski definition) is 7. The molecule has 4 N–H and O–H groups in total. The van der Waals surface area contributed by atoms with Gasteiger partial charge in [-0.25, -0.2) is 9.36 Å². The maximum Gasteiger partial charge on any atom is 0.469 e. The summed E-state index contributed by atoms with van der Waals surface area (Å²) in [5.41, 5.74) is 1.23. The van der Waals surface area contributed by atoms with E-state index in [9.17, 15) is 14.5 Å². The summed E-state index contributed by atoms with van der Waals surface area (Å²) < 4.78 is 20.2. The molecule has 2 heterocycles. The van der Waals surface area contributed by atoms with E-state index in [1.807, 2.05) is 0 Å². The van der Waals surface area contributed by atoms with Crippen LogP contribution in [0.5, 0.6) is 5.75 Å². The van der Waals surface area contributed by atoms with Gasteiger partial charge in [-0.05, 0) is 19.9 Å². The van der Waals surface area contributed by atoms with E-state index in [4.69, 9.17) is 14.5 Å².